The zero-order chi connectivity index (χ0) is 24.5. The van der Waals surface area contributed by atoms with Crippen molar-refractivity contribution in [3.8, 4) is 11.5 Å². The highest BCUT2D eigenvalue weighted by Gasteiger charge is 2.24. The number of rotatable bonds is 5. The van der Waals surface area contributed by atoms with E-state index >= 15 is 0 Å². The van der Waals surface area contributed by atoms with Gasteiger partial charge in [-0.2, -0.15) is 4.99 Å². The summed E-state index contributed by atoms with van der Waals surface area (Å²) in [7, 11) is 1.27. The Morgan fingerprint density at radius 2 is 1.91 bits per heavy atom. The lowest BCUT2D eigenvalue weighted by molar-refractivity contribution is -0.384. The molecule has 12 nitrogen and oxygen atoms in total. The first-order valence-corrected chi connectivity index (χ1v) is 11.5. The van der Waals surface area contributed by atoms with Crippen molar-refractivity contribution >= 4 is 44.8 Å². The summed E-state index contributed by atoms with van der Waals surface area (Å²) in [4.78, 5) is 42.7. The molecule has 1 fully saturated rings. The summed E-state index contributed by atoms with van der Waals surface area (Å²) in [6.45, 7) is 1.89. The number of thiazole rings is 1. The molecule has 3 aromatic rings. The number of nitro benzene ring substituents is 1. The monoisotopic (exact) mass is 500 g/mol. The molecular weight excluding hydrogens is 480 g/mol. The van der Waals surface area contributed by atoms with Crippen molar-refractivity contribution < 1.29 is 33.5 Å². The average molecular weight is 500 g/mol. The van der Waals surface area contributed by atoms with Gasteiger partial charge in [0.15, 0.2) is 16.3 Å². The largest absolute Gasteiger partial charge is 0.468 e. The number of aromatic nitrogens is 1. The zero-order valence-corrected chi connectivity index (χ0v) is 19.4. The minimum atomic E-state index is -0.674. The Labute approximate surface area is 202 Å². The van der Waals surface area contributed by atoms with Crippen LogP contribution in [0.1, 0.15) is 10.4 Å². The Hall–Kier alpha value is -3.97. The summed E-state index contributed by atoms with van der Waals surface area (Å²) < 4.78 is 23.2. The number of benzene rings is 2. The van der Waals surface area contributed by atoms with Crippen LogP contribution in [0.15, 0.2) is 35.3 Å². The maximum absolute atomic E-state index is 13.1. The highest BCUT2D eigenvalue weighted by Crippen LogP contribution is 2.37. The molecule has 0 unspecified atom stereocenters. The van der Waals surface area contributed by atoms with Crippen molar-refractivity contribution in [2.24, 2.45) is 4.99 Å². The number of amides is 1. The Morgan fingerprint density at radius 1 is 1.17 bits per heavy atom. The van der Waals surface area contributed by atoms with Crippen LogP contribution in [0, 0.1) is 10.1 Å². The standard InChI is InChI=1S/C22H20N4O8S/c1-31-20(27)11-25-16-9-17-18(34-12-33-17)10-19(16)35-22(25)23-21(28)13-2-3-14(15(8-13)26(29)30)24-4-6-32-7-5-24/h2-3,8-10H,4-7,11-12H2,1H3. The number of nitrogens with zero attached hydrogens (tertiary/aromatic N) is 4. The number of carbonyl (C=O) groups excluding carboxylic acids is 2. The number of methoxy groups -OCH3 is 1. The number of esters is 1. The first-order valence-electron chi connectivity index (χ1n) is 10.6. The van der Waals surface area contributed by atoms with Gasteiger partial charge in [0.25, 0.3) is 11.6 Å². The molecule has 0 radical (unpaired) electrons. The second-order valence-electron chi connectivity index (χ2n) is 7.70. The third-order valence-electron chi connectivity index (χ3n) is 5.66. The van der Waals surface area contributed by atoms with Gasteiger partial charge >= 0.3 is 5.97 Å². The fourth-order valence-corrected chi connectivity index (χ4v) is 4.96. The third-order valence-corrected chi connectivity index (χ3v) is 6.70. The molecule has 0 atom stereocenters. The fourth-order valence-electron chi connectivity index (χ4n) is 3.92. The number of ether oxygens (including phenoxy) is 4. The van der Waals surface area contributed by atoms with Crippen molar-refractivity contribution in [1.29, 1.82) is 0 Å². The van der Waals surface area contributed by atoms with Crippen LogP contribution in [0.2, 0.25) is 0 Å². The molecule has 1 aromatic heterocycles. The maximum atomic E-state index is 13.1. The fraction of sp³-hybridized carbons (Fsp3) is 0.318. The molecule has 0 aliphatic carbocycles. The van der Waals surface area contributed by atoms with Gasteiger partial charge in [-0.3, -0.25) is 19.7 Å². The van der Waals surface area contributed by atoms with E-state index in [1.54, 1.807) is 22.8 Å². The topological polar surface area (TPSA) is 135 Å². The van der Waals surface area contributed by atoms with Gasteiger partial charge in [0, 0.05) is 36.9 Å². The van der Waals surface area contributed by atoms with Crippen LogP contribution < -0.4 is 19.2 Å². The molecule has 13 heteroatoms. The van der Waals surface area contributed by atoms with E-state index in [0.717, 1.165) is 4.70 Å². The molecule has 182 valence electrons. The van der Waals surface area contributed by atoms with Gasteiger partial charge in [-0.15, -0.1) is 0 Å². The third kappa shape index (κ3) is 4.42. The summed E-state index contributed by atoms with van der Waals surface area (Å²) in [6.07, 6.45) is 0. The number of fused-ring (bicyclic) bond motifs is 2. The first kappa shape index (κ1) is 22.8. The van der Waals surface area contributed by atoms with Gasteiger partial charge in [-0.1, -0.05) is 11.3 Å². The van der Waals surface area contributed by atoms with Gasteiger partial charge in [0.1, 0.15) is 12.2 Å². The number of nitro groups is 1. The van der Waals surface area contributed by atoms with E-state index in [0.29, 0.717) is 49.0 Å². The highest BCUT2D eigenvalue weighted by atomic mass is 32.1. The van der Waals surface area contributed by atoms with E-state index in [1.165, 1.54) is 30.6 Å². The molecule has 0 N–H and O–H groups in total. The zero-order valence-electron chi connectivity index (χ0n) is 18.6. The number of hydrogen-bond acceptors (Lipinski definition) is 10. The van der Waals surface area contributed by atoms with Crippen molar-refractivity contribution in [3.05, 3.63) is 50.8 Å². The van der Waals surface area contributed by atoms with Crippen molar-refractivity contribution in [2.75, 3.05) is 45.1 Å². The SMILES string of the molecule is COC(=O)Cn1c(=NC(=O)c2ccc(N3CCOCC3)c([N+](=O)[O-])c2)sc2cc3c(cc21)OCO3. The molecule has 2 aliphatic heterocycles. The first-order chi connectivity index (χ1) is 16.9. The Bertz CT molecular complexity index is 1410. The Kier molecular flexibility index (Phi) is 6.09. The molecule has 2 aromatic carbocycles. The van der Waals surface area contributed by atoms with E-state index in [9.17, 15) is 19.7 Å². The summed E-state index contributed by atoms with van der Waals surface area (Å²) >= 11 is 1.18. The van der Waals surface area contributed by atoms with Crippen molar-refractivity contribution in [2.45, 2.75) is 6.54 Å². The molecule has 0 bridgehead atoms. The smallest absolute Gasteiger partial charge is 0.325 e. The number of hydrogen-bond donors (Lipinski definition) is 0. The van der Waals surface area contributed by atoms with Crippen LogP contribution in [0.25, 0.3) is 10.2 Å². The maximum Gasteiger partial charge on any atom is 0.325 e. The number of anilines is 1. The number of carbonyl (C=O) groups is 2. The summed E-state index contributed by atoms with van der Waals surface area (Å²) in [5.74, 6) is -0.133. The predicted molar refractivity (Wildman–Crippen MR) is 124 cm³/mol. The van der Waals surface area contributed by atoms with Crippen molar-refractivity contribution in [1.82, 2.24) is 4.57 Å². The predicted octanol–water partition coefficient (Wildman–Crippen LogP) is 2.09. The Balaban J connectivity index is 1.56. The summed E-state index contributed by atoms with van der Waals surface area (Å²) in [6, 6.07) is 7.76. The lowest BCUT2D eigenvalue weighted by Gasteiger charge is -2.28. The summed E-state index contributed by atoms with van der Waals surface area (Å²) in [5, 5.41) is 11.7. The molecule has 5 rings (SSSR count). The lowest BCUT2D eigenvalue weighted by Crippen LogP contribution is -2.36. The van der Waals surface area contributed by atoms with E-state index < -0.39 is 16.8 Å². The van der Waals surface area contributed by atoms with E-state index in [4.69, 9.17) is 18.9 Å². The molecule has 3 heterocycles. The Morgan fingerprint density at radius 3 is 2.63 bits per heavy atom. The lowest BCUT2D eigenvalue weighted by atomic mass is 10.1. The van der Waals surface area contributed by atoms with Crippen LogP contribution in [-0.4, -0.2) is 61.6 Å². The molecule has 2 aliphatic rings. The van der Waals surface area contributed by atoms with Gasteiger partial charge in [0.2, 0.25) is 6.79 Å². The van der Waals surface area contributed by atoms with Crippen LogP contribution in [0.4, 0.5) is 11.4 Å². The van der Waals surface area contributed by atoms with Gasteiger partial charge in [-0.05, 0) is 12.1 Å². The van der Waals surface area contributed by atoms with Crippen LogP contribution in [0.5, 0.6) is 11.5 Å². The minimum absolute atomic E-state index is 0.0601. The summed E-state index contributed by atoms with van der Waals surface area (Å²) in [5.41, 5.74) is 0.916. The van der Waals surface area contributed by atoms with Gasteiger partial charge in [0.05, 0.1) is 35.5 Å². The molecule has 0 saturated carbocycles. The highest BCUT2D eigenvalue weighted by molar-refractivity contribution is 7.16. The molecule has 1 amide bonds. The van der Waals surface area contributed by atoms with Crippen LogP contribution >= 0.6 is 11.3 Å². The number of morpholine rings is 1. The minimum Gasteiger partial charge on any atom is -0.468 e. The van der Waals surface area contributed by atoms with Gasteiger partial charge in [-0.25, -0.2) is 0 Å². The normalized spacial score (nSPS) is 15.5. The van der Waals surface area contributed by atoms with Crippen LogP contribution in [0.3, 0.4) is 0 Å². The van der Waals surface area contributed by atoms with Gasteiger partial charge < -0.3 is 28.4 Å². The molecule has 1 saturated heterocycles. The molecule has 0 spiro atoms. The molecule has 35 heavy (non-hydrogen) atoms. The van der Waals surface area contributed by atoms with Crippen molar-refractivity contribution in [3.63, 3.8) is 0 Å². The van der Waals surface area contributed by atoms with E-state index in [2.05, 4.69) is 4.99 Å². The van der Waals surface area contributed by atoms with Crippen LogP contribution in [-0.2, 0) is 20.8 Å². The average Bonchev–Trinajstić information content (AvgIpc) is 3.46. The quantitative estimate of drug-likeness (QED) is 0.293. The second kappa shape index (κ2) is 9.35. The van der Waals surface area contributed by atoms with E-state index in [1.807, 2.05) is 4.90 Å². The van der Waals surface area contributed by atoms with E-state index in [-0.39, 0.29) is 29.4 Å². The second-order valence-corrected chi connectivity index (χ2v) is 8.71. The molecular formula is C22H20N4O8S.